The number of nitriles is 1. The van der Waals surface area contributed by atoms with E-state index in [0.29, 0.717) is 51.2 Å². The highest BCUT2D eigenvalue weighted by Gasteiger charge is 2.48. The van der Waals surface area contributed by atoms with Gasteiger partial charge in [-0.05, 0) is 57.9 Å². The highest BCUT2D eigenvalue weighted by Crippen LogP contribution is 2.37. The number of rotatable bonds is 6. The first-order valence-electron chi connectivity index (χ1n) is 17.6. The average Bonchev–Trinajstić information content (AvgIpc) is 3.66. The number of hydrogen-bond donors (Lipinski definition) is 0. The Morgan fingerprint density at radius 3 is 2.24 bits per heavy atom. The minimum atomic E-state index is -1.03. The molecule has 0 saturated carbocycles. The molecular formula is C41H40N6O7. The van der Waals surface area contributed by atoms with E-state index in [1.165, 1.54) is 33.4 Å². The molecule has 2 aliphatic heterocycles. The van der Waals surface area contributed by atoms with Gasteiger partial charge in [-0.15, -0.1) is 0 Å². The molecule has 2 fully saturated rings. The predicted molar refractivity (Wildman–Crippen MR) is 202 cm³/mol. The van der Waals surface area contributed by atoms with Gasteiger partial charge in [0, 0.05) is 59.5 Å². The third-order valence-corrected chi connectivity index (χ3v) is 9.70. The number of hydrogen-bond acceptors (Lipinski definition) is 8. The molecule has 0 unspecified atom stereocenters. The fraction of sp³-hybridized carbons (Fsp3) is 0.293. The van der Waals surface area contributed by atoms with Gasteiger partial charge < -0.3 is 23.7 Å². The van der Waals surface area contributed by atoms with E-state index in [9.17, 15) is 24.4 Å². The van der Waals surface area contributed by atoms with Crippen molar-refractivity contribution in [2.24, 2.45) is 7.05 Å². The number of aromatic nitrogens is 4. The number of imidazole rings is 1. The molecule has 1 amide bonds. The first-order valence-corrected chi connectivity index (χ1v) is 17.6. The van der Waals surface area contributed by atoms with Gasteiger partial charge in [-0.2, -0.15) is 5.26 Å². The largest absolute Gasteiger partial charge is 0.497 e. The van der Waals surface area contributed by atoms with E-state index in [2.05, 4.69) is 6.07 Å². The molecule has 54 heavy (non-hydrogen) atoms. The second kappa shape index (κ2) is 13.8. The minimum Gasteiger partial charge on any atom is -0.497 e. The molecule has 2 saturated heterocycles. The van der Waals surface area contributed by atoms with Crippen molar-refractivity contribution < 1.29 is 28.6 Å². The number of amides is 1. The molecule has 0 radical (unpaired) electrons. The zero-order valence-corrected chi connectivity index (χ0v) is 31.0. The molecule has 0 N–H and O–H groups in total. The Labute approximate surface area is 311 Å². The van der Waals surface area contributed by atoms with Crippen LogP contribution in [-0.4, -0.2) is 73.4 Å². The van der Waals surface area contributed by atoms with Crippen molar-refractivity contribution in [1.29, 1.82) is 5.26 Å². The smallest absolute Gasteiger partial charge is 0.398 e. The zero-order valence-electron chi connectivity index (χ0n) is 31.0. The van der Waals surface area contributed by atoms with E-state index < -0.39 is 23.2 Å². The first-order chi connectivity index (χ1) is 25.9. The van der Waals surface area contributed by atoms with Crippen molar-refractivity contribution in [2.75, 3.05) is 20.8 Å². The Bertz CT molecular complexity index is 2560. The fourth-order valence-electron chi connectivity index (χ4n) is 7.14. The molecule has 0 spiro atoms. The molecule has 5 heterocycles. The Hall–Kier alpha value is -6.55. The van der Waals surface area contributed by atoms with Crippen molar-refractivity contribution in [3.8, 4) is 34.5 Å². The lowest BCUT2D eigenvalue weighted by molar-refractivity contribution is -0.149. The topological polar surface area (TPSA) is 142 Å². The van der Waals surface area contributed by atoms with E-state index >= 15 is 0 Å². The summed E-state index contributed by atoms with van der Waals surface area (Å²) in [5.41, 5.74) is 1.89. The van der Waals surface area contributed by atoms with Gasteiger partial charge in [0.2, 0.25) is 5.91 Å². The van der Waals surface area contributed by atoms with Gasteiger partial charge in [-0.1, -0.05) is 36.4 Å². The number of fused-ring (bicyclic) bond motifs is 3. The lowest BCUT2D eigenvalue weighted by Gasteiger charge is -2.18. The van der Waals surface area contributed by atoms with Gasteiger partial charge in [-0.25, -0.2) is 9.59 Å². The molecule has 13 nitrogen and oxygen atoms in total. The van der Waals surface area contributed by atoms with E-state index in [0.717, 1.165) is 23.9 Å². The van der Waals surface area contributed by atoms with Crippen LogP contribution in [0.1, 0.15) is 49.7 Å². The summed E-state index contributed by atoms with van der Waals surface area (Å²) in [4.78, 5) is 53.4. The van der Waals surface area contributed by atoms with Crippen LogP contribution >= 0.6 is 0 Å². The van der Waals surface area contributed by atoms with Crippen LogP contribution in [0.25, 0.3) is 38.8 Å². The highest BCUT2D eigenvalue weighted by atomic mass is 16.6. The monoisotopic (exact) mass is 728 g/mol. The second-order valence-corrected chi connectivity index (χ2v) is 14.3. The number of ether oxygens (including phenoxy) is 3. The third kappa shape index (κ3) is 6.29. The molecule has 3 aromatic carbocycles. The van der Waals surface area contributed by atoms with Crippen molar-refractivity contribution >= 4 is 39.6 Å². The normalized spacial score (nSPS) is 14.7. The molecule has 1 atom stereocenters. The molecule has 8 rings (SSSR count). The third-order valence-electron chi connectivity index (χ3n) is 9.70. The number of benzene rings is 3. The van der Waals surface area contributed by atoms with Crippen molar-refractivity contribution in [3.63, 3.8) is 0 Å². The van der Waals surface area contributed by atoms with Crippen molar-refractivity contribution in [1.82, 2.24) is 23.2 Å². The van der Waals surface area contributed by atoms with Crippen LogP contribution < -0.4 is 15.2 Å². The summed E-state index contributed by atoms with van der Waals surface area (Å²) >= 11 is 0. The van der Waals surface area contributed by atoms with Gasteiger partial charge in [0.15, 0.2) is 0 Å². The number of nitrogens with zero attached hydrogens (tertiary/aromatic N) is 6. The summed E-state index contributed by atoms with van der Waals surface area (Å²) in [6, 6.07) is 22.6. The van der Waals surface area contributed by atoms with Crippen LogP contribution in [0.3, 0.4) is 0 Å². The van der Waals surface area contributed by atoms with Crippen LogP contribution in [0.15, 0.2) is 83.9 Å². The maximum atomic E-state index is 14.6. The standard InChI is InChI=1S/C36H33N5O6.C5H7NO/c1-36(2,3)47-34(43)33(42)39-20-26(24-11-7-10-14-28(24)39)32-29(18-37)40(19-22-15-16-23(45-5)17-31(22)46-6)35(44)41(32)30-21-38(4)27-13-9-8-12-25(27)30;7-5-4-2-1-3-6(4)5/h7-17,20-21H,19H2,1-6H3;4H,1-3H2/t;4-,6?/m.0/s1. The maximum Gasteiger partial charge on any atom is 0.398 e. The molecule has 3 aromatic heterocycles. The van der Waals surface area contributed by atoms with Crippen LogP contribution in [0.2, 0.25) is 0 Å². The minimum absolute atomic E-state index is 0.00907. The van der Waals surface area contributed by atoms with Gasteiger partial charge in [0.1, 0.15) is 34.9 Å². The SMILES string of the molecule is COc1ccc(Cn2c(C#N)c(-c3cn(C(=O)C(=O)OC(C)(C)C)c4ccccc34)n(-c3cn(C)c4ccccc34)c2=O)c(OC)c1.O=C1[C@@H]2CCCN12. The number of para-hydroxylation sites is 2. The molecule has 6 aromatic rings. The second-order valence-electron chi connectivity index (χ2n) is 14.3. The zero-order chi connectivity index (χ0) is 38.5. The fourth-order valence-corrected chi connectivity index (χ4v) is 7.14. The van der Waals surface area contributed by atoms with E-state index in [4.69, 9.17) is 14.2 Å². The number of methoxy groups -OCH3 is 2. The predicted octanol–water partition coefficient (Wildman–Crippen LogP) is 5.66. The van der Waals surface area contributed by atoms with Gasteiger partial charge in [0.25, 0.3) is 0 Å². The summed E-state index contributed by atoms with van der Waals surface area (Å²) in [5, 5.41) is 12.1. The average molecular weight is 729 g/mol. The molecule has 0 bridgehead atoms. The summed E-state index contributed by atoms with van der Waals surface area (Å²) < 4.78 is 22.4. The van der Waals surface area contributed by atoms with Gasteiger partial charge in [0.05, 0.1) is 37.7 Å². The summed E-state index contributed by atoms with van der Waals surface area (Å²) in [5.74, 6) is -0.483. The quantitative estimate of drug-likeness (QED) is 0.122. The summed E-state index contributed by atoms with van der Waals surface area (Å²) in [6.07, 6.45) is 5.68. The lowest BCUT2D eigenvalue weighted by Crippen LogP contribution is -2.31. The lowest BCUT2D eigenvalue weighted by atomic mass is 10.1. The highest BCUT2D eigenvalue weighted by molar-refractivity contribution is 6.35. The molecule has 0 aliphatic carbocycles. The van der Waals surface area contributed by atoms with Crippen molar-refractivity contribution in [3.05, 3.63) is 101 Å². The van der Waals surface area contributed by atoms with Crippen LogP contribution in [-0.2, 0) is 27.9 Å². The number of esters is 1. The van der Waals surface area contributed by atoms with Crippen molar-refractivity contribution in [2.45, 2.75) is 51.8 Å². The van der Waals surface area contributed by atoms with Gasteiger partial charge >= 0.3 is 17.6 Å². The Kier molecular flexibility index (Phi) is 9.14. The molecule has 2 aliphatic rings. The Morgan fingerprint density at radius 1 is 0.926 bits per heavy atom. The van der Waals surface area contributed by atoms with Crippen LogP contribution in [0.4, 0.5) is 0 Å². The Balaban J connectivity index is 0.000000570. The van der Waals surface area contributed by atoms with Crippen LogP contribution in [0, 0.1) is 11.3 Å². The number of carbonyl (C=O) groups excluding carboxylic acids is 3. The molecular weight excluding hydrogens is 688 g/mol. The maximum absolute atomic E-state index is 14.6. The summed E-state index contributed by atoms with van der Waals surface area (Å²) in [6.45, 7) is 6.08. The number of piperidine rings is 1. The Morgan fingerprint density at radius 2 is 1.63 bits per heavy atom. The van der Waals surface area contributed by atoms with Crippen LogP contribution in [0.5, 0.6) is 11.5 Å². The molecule has 276 valence electrons. The number of carbonyl (C=O) groups is 3. The first kappa shape index (κ1) is 35.8. The van der Waals surface area contributed by atoms with E-state index in [1.807, 2.05) is 47.0 Å². The van der Waals surface area contributed by atoms with E-state index in [-0.39, 0.29) is 17.9 Å². The molecule has 13 heteroatoms. The number of aryl methyl sites for hydroxylation is 1. The van der Waals surface area contributed by atoms with E-state index in [1.54, 1.807) is 70.3 Å². The van der Waals surface area contributed by atoms with Gasteiger partial charge in [-0.3, -0.25) is 23.3 Å². The summed E-state index contributed by atoms with van der Waals surface area (Å²) in [7, 11) is 4.95.